The molecule has 2 rings (SSSR count). The van der Waals surface area contributed by atoms with E-state index in [1.165, 1.54) is 18.5 Å². The van der Waals surface area contributed by atoms with Crippen molar-refractivity contribution in [3.05, 3.63) is 16.1 Å². The van der Waals surface area contributed by atoms with E-state index in [4.69, 9.17) is 5.73 Å². The molecule has 1 aliphatic carbocycles. The maximum atomic E-state index is 6.54. The third kappa shape index (κ3) is 1.95. The van der Waals surface area contributed by atoms with E-state index in [1.54, 1.807) is 11.3 Å². The van der Waals surface area contributed by atoms with Crippen LogP contribution in [0.3, 0.4) is 0 Å². The van der Waals surface area contributed by atoms with Crippen molar-refractivity contribution in [3.8, 4) is 0 Å². The van der Waals surface area contributed by atoms with E-state index in [0.29, 0.717) is 0 Å². The molecule has 0 radical (unpaired) electrons. The summed E-state index contributed by atoms with van der Waals surface area (Å²) < 4.78 is 0. The molecule has 1 aliphatic rings. The third-order valence-electron chi connectivity index (χ3n) is 3.94. The maximum Gasteiger partial charge on any atom is 0.0897 e. The Morgan fingerprint density at radius 3 is 2.67 bits per heavy atom. The standard InChI is InChI=1S/C12H20N2S/c1-9-14-10(8-15-9)7-12(13)6-4-5-11(12,2)3/h8H,4-7,13H2,1-3H3. The van der Waals surface area contributed by atoms with Crippen LogP contribution < -0.4 is 5.73 Å². The minimum absolute atomic E-state index is 0.0481. The molecule has 15 heavy (non-hydrogen) atoms. The third-order valence-corrected chi connectivity index (χ3v) is 4.76. The van der Waals surface area contributed by atoms with E-state index >= 15 is 0 Å². The first-order valence-electron chi connectivity index (χ1n) is 5.63. The molecule has 84 valence electrons. The second kappa shape index (κ2) is 3.56. The van der Waals surface area contributed by atoms with Crippen molar-refractivity contribution in [2.45, 2.75) is 52.0 Å². The summed E-state index contributed by atoms with van der Waals surface area (Å²) in [6.07, 6.45) is 4.57. The van der Waals surface area contributed by atoms with Gasteiger partial charge in [-0.3, -0.25) is 0 Å². The minimum atomic E-state index is -0.0481. The van der Waals surface area contributed by atoms with E-state index in [2.05, 4.69) is 31.1 Å². The number of aromatic nitrogens is 1. The molecule has 1 aromatic heterocycles. The zero-order chi connectivity index (χ0) is 11.1. The van der Waals surface area contributed by atoms with Gasteiger partial charge in [-0.05, 0) is 25.2 Å². The van der Waals surface area contributed by atoms with Crippen LogP contribution in [-0.4, -0.2) is 10.5 Å². The largest absolute Gasteiger partial charge is 0.324 e. The molecule has 0 aliphatic heterocycles. The Kier molecular flexibility index (Phi) is 2.63. The molecule has 0 amide bonds. The van der Waals surface area contributed by atoms with Crippen molar-refractivity contribution in [2.75, 3.05) is 0 Å². The monoisotopic (exact) mass is 224 g/mol. The summed E-state index contributed by atoms with van der Waals surface area (Å²) in [6, 6.07) is 0. The van der Waals surface area contributed by atoms with Gasteiger partial charge in [-0.15, -0.1) is 11.3 Å². The molecule has 2 nitrogen and oxygen atoms in total. The van der Waals surface area contributed by atoms with Crippen molar-refractivity contribution in [2.24, 2.45) is 11.1 Å². The summed E-state index contributed by atoms with van der Waals surface area (Å²) in [5.74, 6) is 0. The van der Waals surface area contributed by atoms with Gasteiger partial charge in [-0.2, -0.15) is 0 Å². The molecule has 0 spiro atoms. The molecule has 1 unspecified atom stereocenters. The first-order chi connectivity index (χ1) is 6.93. The lowest BCUT2D eigenvalue weighted by Crippen LogP contribution is -2.50. The van der Waals surface area contributed by atoms with Crippen molar-refractivity contribution in [3.63, 3.8) is 0 Å². The zero-order valence-corrected chi connectivity index (χ0v) is 10.7. The van der Waals surface area contributed by atoms with Gasteiger partial charge in [0.2, 0.25) is 0 Å². The first kappa shape index (κ1) is 11.1. The Bertz CT molecular complexity index is 356. The molecule has 0 aromatic carbocycles. The Labute approximate surface area is 95.9 Å². The lowest BCUT2D eigenvalue weighted by atomic mass is 9.73. The summed E-state index contributed by atoms with van der Waals surface area (Å²) in [7, 11) is 0. The van der Waals surface area contributed by atoms with Crippen LogP contribution in [0, 0.1) is 12.3 Å². The molecule has 2 N–H and O–H groups in total. The van der Waals surface area contributed by atoms with Gasteiger partial charge in [0.15, 0.2) is 0 Å². The average Bonchev–Trinajstić information content (AvgIpc) is 2.59. The lowest BCUT2D eigenvalue weighted by molar-refractivity contribution is 0.206. The number of nitrogens with two attached hydrogens (primary N) is 1. The maximum absolute atomic E-state index is 6.54. The molecule has 0 saturated heterocycles. The first-order valence-corrected chi connectivity index (χ1v) is 6.51. The number of hydrogen-bond acceptors (Lipinski definition) is 3. The summed E-state index contributed by atoms with van der Waals surface area (Å²) in [5.41, 5.74) is 7.93. The van der Waals surface area contributed by atoms with Gasteiger partial charge >= 0.3 is 0 Å². The predicted molar refractivity (Wildman–Crippen MR) is 65.1 cm³/mol. The Morgan fingerprint density at radius 2 is 2.20 bits per heavy atom. The van der Waals surface area contributed by atoms with Gasteiger partial charge in [-0.1, -0.05) is 20.3 Å². The predicted octanol–water partition coefficient (Wildman–Crippen LogP) is 2.90. The number of nitrogens with zero attached hydrogens (tertiary/aromatic N) is 1. The van der Waals surface area contributed by atoms with E-state index in [-0.39, 0.29) is 11.0 Å². The molecule has 1 fully saturated rings. The van der Waals surface area contributed by atoms with Crippen molar-refractivity contribution in [1.82, 2.24) is 4.98 Å². The van der Waals surface area contributed by atoms with Gasteiger partial charge in [0.25, 0.3) is 0 Å². The van der Waals surface area contributed by atoms with Crippen molar-refractivity contribution in [1.29, 1.82) is 0 Å². The Morgan fingerprint density at radius 1 is 1.47 bits per heavy atom. The zero-order valence-electron chi connectivity index (χ0n) is 9.84. The molecule has 1 heterocycles. The number of thiazole rings is 1. The van der Waals surface area contributed by atoms with E-state index in [0.717, 1.165) is 17.8 Å². The smallest absolute Gasteiger partial charge is 0.0897 e. The highest BCUT2D eigenvalue weighted by Gasteiger charge is 2.45. The Balaban J connectivity index is 2.17. The van der Waals surface area contributed by atoms with Gasteiger partial charge in [0, 0.05) is 17.3 Å². The molecule has 3 heteroatoms. The number of hydrogen-bond donors (Lipinski definition) is 1. The molecular formula is C12H20N2S. The number of aryl methyl sites for hydroxylation is 1. The fraction of sp³-hybridized carbons (Fsp3) is 0.750. The topological polar surface area (TPSA) is 38.9 Å². The van der Waals surface area contributed by atoms with Crippen LogP contribution in [-0.2, 0) is 6.42 Å². The second-order valence-corrected chi connectivity index (χ2v) is 6.49. The molecule has 1 saturated carbocycles. The Hall–Kier alpha value is -0.410. The summed E-state index contributed by atoms with van der Waals surface area (Å²) in [5, 5.41) is 3.29. The quantitative estimate of drug-likeness (QED) is 0.839. The van der Waals surface area contributed by atoms with Crippen LogP contribution in [0.1, 0.15) is 43.8 Å². The van der Waals surface area contributed by atoms with Crippen LogP contribution in [0.15, 0.2) is 5.38 Å². The van der Waals surface area contributed by atoms with Crippen LogP contribution >= 0.6 is 11.3 Å². The fourth-order valence-electron chi connectivity index (χ4n) is 2.57. The van der Waals surface area contributed by atoms with Crippen LogP contribution in [0.2, 0.25) is 0 Å². The highest BCUT2D eigenvalue weighted by Crippen LogP contribution is 2.45. The summed E-state index contributed by atoms with van der Waals surface area (Å²) in [6.45, 7) is 6.63. The molecular weight excluding hydrogens is 204 g/mol. The van der Waals surface area contributed by atoms with Crippen LogP contribution in [0.5, 0.6) is 0 Å². The molecule has 0 bridgehead atoms. The van der Waals surface area contributed by atoms with Gasteiger partial charge in [0.1, 0.15) is 0 Å². The second-order valence-electron chi connectivity index (χ2n) is 5.43. The summed E-state index contributed by atoms with van der Waals surface area (Å²) >= 11 is 1.72. The van der Waals surface area contributed by atoms with Crippen molar-refractivity contribution >= 4 is 11.3 Å². The minimum Gasteiger partial charge on any atom is -0.324 e. The van der Waals surface area contributed by atoms with Crippen LogP contribution in [0.25, 0.3) is 0 Å². The average molecular weight is 224 g/mol. The lowest BCUT2D eigenvalue weighted by Gasteiger charge is -2.37. The number of rotatable bonds is 2. The van der Waals surface area contributed by atoms with Crippen molar-refractivity contribution < 1.29 is 0 Å². The molecule has 1 aromatic rings. The van der Waals surface area contributed by atoms with E-state index in [1.807, 2.05) is 0 Å². The normalized spacial score (nSPS) is 29.6. The highest BCUT2D eigenvalue weighted by atomic mass is 32.1. The van der Waals surface area contributed by atoms with Gasteiger partial charge in [0.05, 0.1) is 10.7 Å². The molecule has 1 atom stereocenters. The SMILES string of the molecule is Cc1nc(CC2(N)CCCC2(C)C)cs1. The van der Waals surface area contributed by atoms with E-state index < -0.39 is 0 Å². The van der Waals surface area contributed by atoms with Crippen LogP contribution in [0.4, 0.5) is 0 Å². The van der Waals surface area contributed by atoms with Gasteiger partial charge < -0.3 is 5.73 Å². The van der Waals surface area contributed by atoms with Gasteiger partial charge in [-0.25, -0.2) is 4.98 Å². The fourth-order valence-corrected chi connectivity index (χ4v) is 3.19. The highest BCUT2D eigenvalue weighted by molar-refractivity contribution is 7.09. The van der Waals surface area contributed by atoms with E-state index in [9.17, 15) is 0 Å². The summed E-state index contributed by atoms with van der Waals surface area (Å²) in [4.78, 5) is 4.52.